The van der Waals surface area contributed by atoms with Crippen LogP contribution in [0.3, 0.4) is 0 Å². The maximum Gasteiger partial charge on any atom is 0.0314 e. The number of rotatable bonds is 6. The third-order valence-corrected chi connectivity index (χ3v) is 5.71. The van der Waals surface area contributed by atoms with Gasteiger partial charge in [0, 0.05) is 25.3 Å². The summed E-state index contributed by atoms with van der Waals surface area (Å²) >= 11 is 9.04. The third-order valence-electron chi connectivity index (χ3n) is 2.96. The van der Waals surface area contributed by atoms with Crippen LogP contribution in [0.5, 0.6) is 0 Å². The molecule has 0 aliphatic heterocycles. The molecule has 0 aliphatic rings. The summed E-state index contributed by atoms with van der Waals surface area (Å²) in [5.74, 6) is 0.675. The molecule has 4 heteroatoms. The van der Waals surface area contributed by atoms with Crippen LogP contribution in [0.4, 0.5) is 0 Å². The van der Waals surface area contributed by atoms with E-state index in [0.717, 1.165) is 22.0 Å². The van der Waals surface area contributed by atoms with E-state index in [-0.39, 0.29) is 0 Å². The number of hydrogen-bond acceptors (Lipinski definition) is 2. The van der Waals surface area contributed by atoms with E-state index in [0.29, 0.717) is 5.92 Å². The topological polar surface area (TPSA) is 12.0 Å². The standard InChI is InChI=1S/C17H19Br2NS/c1-12(2)10-20-11-13-7-8-14(9-16(13)19)21-17-6-4-3-5-15(17)18/h3-9,12,20H,10-11H2,1-2H3. The van der Waals surface area contributed by atoms with Crippen molar-refractivity contribution in [3.05, 3.63) is 57.0 Å². The molecule has 0 saturated heterocycles. The van der Waals surface area contributed by atoms with Crippen LogP contribution < -0.4 is 5.32 Å². The highest BCUT2D eigenvalue weighted by molar-refractivity contribution is 9.10. The molecule has 0 unspecified atom stereocenters. The van der Waals surface area contributed by atoms with Gasteiger partial charge in [-0.15, -0.1) is 0 Å². The average molecular weight is 429 g/mol. The molecule has 1 N–H and O–H groups in total. The first kappa shape index (κ1) is 17.1. The van der Waals surface area contributed by atoms with Crippen molar-refractivity contribution >= 4 is 43.6 Å². The van der Waals surface area contributed by atoms with E-state index in [9.17, 15) is 0 Å². The van der Waals surface area contributed by atoms with Crippen LogP contribution in [0.2, 0.25) is 0 Å². The number of hydrogen-bond donors (Lipinski definition) is 1. The van der Waals surface area contributed by atoms with Gasteiger partial charge in [-0.2, -0.15) is 0 Å². The Bertz CT molecular complexity index is 599. The smallest absolute Gasteiger partial charge is 0.0314 e. The van der Waals surface area contributed by atoms with E-state index >= 15 is 0 Å². The van der Waals surface area contributed by atoms with Crippen molar-refractivity contribution in [2.45, 2.75) is 30.2 Å². The van der Waals surface area contributed by atoms with E-state index in [1.54, 1.807) is 11.8 Å². The van der Waals surface area contributed by atoms with Crippen LogP contribution in [0.15, 0.2) is 61.2 Å². The SMILES string of the molecule is CC(C)CNCc1ccc(Sc2ccccc2Br)cc1Br. The van der Waals surface area contributed by atoms with Gasteiger partial charge in [0.25, 0.3) is 0 Å². The molecule has 0 atom stereocenters. The first-order chi connectivity index (χ1) is 10.1. The fourth-order valence-corrected chi connectivity index (χ4v) is 3.96. The number of benzene rings is 2. The molecule has 0 saturated carbocycles. The molecule has 2 rings (SSSR count). The van der Waals surface area contributed by atoms with Gasteiger partial charge in [0.1, 0.15) is 0 Å². The van der Waals surface area contributed by atoms with Crippen molar-refractivity contribution in [2.75, 3.05) is 6.54 Å². The predicted octanol–water partition coefficient (Wildman–Crippen LogP) is 6.11. The van der Waals surface area contributed by atoms with E-state index in [1.165, 1.54) is 15.4 Å². The summed E-state index contributed by atoms with van der Waals surface area (Å²) in [4.78, 5) is 2.47. The highest BCUT2D eigenvalue weighted by atomic mass is 79.9. The Morgan fingerprint density at radius 1 is 1.05 bits per heavy atom. The van der Waals surface area contributed by atoms with Crippen LogP contribution in [0.1, 0.15) is 19.4 Å². The monoisotopic (exact) mass is 427 g/mol. The number of nitrogens with one attached hydrogen (secondary N) is 1. The maximum atomic E-state index is 3.68. The predicted molar refractivity (Wildman–Crippen MR) is 99.0 cm³/mol. The van der Waals surface area contributed by atoms with Gasteiger partial charge in [-0.3, -0.25) is 0 Å². The van der Waals surface area contributed by atoms with E-state index in [4.69, 9.17) is 0 Å². The molecule has 21 heavy (non-hydrogen) atoms. The summed E-state index contributed by atoms with van der Waals surface area (Å²) in [7, 11) is 0. The van der Waals surface area contributed by atoms with Crippen LogP contribution in [-0.2, 0) is 6.54 Å². The second-order valence-electron chi connectivity index (χ2n) is 5.31. The molecule has 0 aliphatic carbocycles. The van der Waals surface area contributed by atoms with E-state index in [1.807, 2.05) is 6.07 Å². The molecule has 0 bridgehead atoms. The molecule has 0 spiro atoms. The Hall–Kier alpha value is -0.290. The summed E-state index contributed by atoms with van der Waals surface area (Å²) in [6.07, 6.45) is 0. The lowest BCUT2D eigenvalue weighted by Gasteiger charge is -2.10. The fourth-order valence-electron chi connectivity index (χ4n) is 1.88. The normalized spacial score (nSPS) is 11.1. The van der Waals surface area contributed by atoms with Gasteiger partial charge in [-0.1, -0.05) is 59.7 Å². The Kier molecular flexibility index (Phi) is 6.80. The Balaban J connectivity index is 2.03. The van der Waals surface area contributed by atoms with Crippen molar-refractivity contribution in [1.29, 1.82) is 0 Å². The molecular formula is C17H19Br2NS. The molecule has 112 valence electrons. The molecule has 2 aromatic carbocycles. The molecular weight excluding hydrogens is 410 g/mol. The molecule has 0 heterocycles. The first-order valence-electron chi connectivity index (χ1n) is 6.98. The molecule has 0 aromatic heterocycles. The first-order valence-corrected chi connectivity index (χ1v) is 9.38. The fraction of sp³-hybridized carbons (Fsp3) is 0.294. The largest absolute Gasteiger partial charge is 0.312 e. The Morgan fingerprint density at radius 3 is 2.48 bits per heavy atom. The summed E-state index contributed by atoms with van der Waals surface area (Å²) in [6.45, 7) is 6.39. The van der Waals surface area contributed by atoms with Crippen LogP contribution in [0.25, 0.3) is 0 Å². The minimum Gasteiger partial charge on any atom is -0.312 e. The van der Waals surface area contributed by atoms with Crippen molar-refractivity contribution in [2.24, 2.45) is 5.92 Å². The van der Waals surface area contributed by atoms with Gasteiger partial charge >= 0.3 is 0 Å². The zero-order chi connectivity index (χ0) is 15.2. The lowest BCUT2D eigenvalue weighted by molar-refractivity contribution is 0.551. The minimum absolute atomic E-state index is 0.675. The van der Waals surface area contributed by atoms with Crippen molar-refractivity contribution < 1.29 is 0 Å². The Morgan fingerprint density at radius 2 is 1.81 bits per heavy atom. The quantitative estimate of drug-likeness (QED) is 0.595. The molecule has 0 amide bonds. The van der Waals surface area contributed by atoms with E-state index < -0.39 is 0 Å². The lowest BCUT2D eigenvalue weighted by Crippen LogP contribution is -2.19. The maximum absolute atomic E-state index is 3.68. The zero-order valence-electron chi connectivity index (χ0n) is 12.2. The second kappa shape index (κ2) is 8.37. The van der Waals surface area contributed by atoms with Crippen molar-refractivity contribution in [3.8, 4) is 0 Å². The summed E-state index contributed by atoms with van der Waals surface area (Å²) in [5, 5.41) is 3.48. The van der Waals surface area contributed by atoms with Crippen molar-refractivity contribution in [3.63, 3.8) is 0 Å². The van der Waals surface area contributed by atoms with E-state index in [2.05, 4.69) is 87.4 Å². The van der Waals surface area contributed by atoms with Gasteiger partial charge in [0.15, 0.2) is 0 Å². The average Bonchev–Trinajstić information content (AvgIpc) is 2.43. The molecule has 0 radical (unpaired) electrons. The van der Waals surface area contributed by atoms with Crippen molar-refractivity contribution in [1.82, 2.24) is 5.32 Å². The second-order valence-corrected chi connectivity index (χ2v) is 8.13. The minimum atomic E-state index is 0.675. The molecule has 1 nitrogen and oxygen atoms in total. The van der Waals surface area contributed by atoms with Gasteiger partial charge in [-0.25, -0.2) is 0 Å². The summed E-state index contributed by atoms with van der Waals surface area (Å²) in [5.41, 5.74) is 1.30. The molecule has 2 aromatic rings. The molecule has 0 fully saturated rings. The van der Waals surface area contributed by atoms with Gasteiger partial charge in [-0.05, 0) is 58.2 Å². The van der Waals surface area contributed by atoms with Gasteiger partial charge in [0.05, 0.1) is 0 Å². The van der Waals surface area contributed by atoms with Crippen LogP contribution >= 0.6 is 43.6 Å². The van der Waals surface area contributed by atoms with Crippen LogP contribution in [-0.4, -0.2) is 6.54 Å². The highest BCUT2D eigenvalue weighted by Crippen LogP contribution is 2.35. The zero-order valence-corrected chi connectivity index (χ0v) is 16.2. The highest BCUT2D eigenvalue weighted by Gasteiger charge is 2.05. The lowest BCUT2D eigenvalue weighted by atomic mass is 10.2. The van der Waals surface area contributed by atoms with Crippen LogP contribution in [0, 0.1) is 5.92 Å². The summed E-state index contributed by atoms with van der Waals surface area (Å²) < 4.78 is 2.30. The van der Waals surface area contributed by atoms with Gasteiger partial charge < -0.3 is 5.32 Å². The third kappa shape index (κ3) is 5.44. The Labute approximate surface area is 148 Å². The number of halogens is 2. The van der Waals surface area contributed by atoms with Gasteiger partial charge in [0.2, 0.25) is 0 Å². The summed E-state index contributed by atoms with van der Waals surface area (Å²) in [6, 6.07) is 14.9.